The highest BCUT2D eigenvalue weighted by molar-refractivity contribution is 5.86. The van der Waals surface area contributed by atoms with Crippen LogP contribution in [0.15, 0.2) is 0 Å². The maximum Gasteiger partial charge on any atom is 0.325 e. The molecule has 0 aromatic heterocycles. The van der Waals surface area contributed by atoms with E-state index in [0.717, 1.165) is 0 Å². The first-order chi connectivity index (χ1) is 7.32. The average molecular weight is 231 g/mol. The molecule has 92 valence electrons. The van der Waals surface area contributed by atoms with Gasteiger partial charge < -0.3 is 21.1 Å². The summed E-state index contributed by atoms with van der Waals surface area (Å²) in [5.41, 5.74) is 0. The van der Waals surface area contributed by atoms with E-state index in [-0.39, 0.29) is 18.5 Å². The number of aliphatic carboxylic acids is 1. The molecule has 0 aliphatic heterocycles. The van der Waals surface area contributed by atoms with Crippen LogP contribution >= 0.6 is 0 Å². The molecule has 3 amide bonds. The molecule has 7 nitrogen and oxygen atoms in total. The molecule has 0 spiro atoms. The van der Waals surface area contributed by atoms with Crippen LogP contribution in [-0.2, 0) is 9.59 Å². The van der Waals surface area contributed by atoms with Crippen LogP contribution in [0, 0.1) is 0 Å². The highest BCUT2D eigenvalue weighted by atomic mass is 16.4. The predicted molar refractivity (Wildman–Crippen MR) is 56.9 cm³/mol. The first kappa shape index (κ1) is 14.2. The van der Waals surface area contributed by atoms with Crippen LogP contribution in [0.5, 0.6) is 0 Å². The van der Waals surface area contributed by atoms with E-state index in [0.29, 0.717) is 0 Å². The number of nitrogens with one attached hydrogen (secondary N) is 3. The van der Waals surface area contributed by atoms with E-state index < -0.39 is 18.0 Å². The summed E-state index contributed by atoms with van der Waals surface area (Å²) in [6, 6.07) is -1.68. The van der Waals surface area contributed by atoms with E-state index >= 15 is 0 Å². The third-order valence-electron chi connectivity index (χ3n) is 1.58. The first-order valence-electron chi connectivity index (χ1n) is 4.89. The van der Waals surface area contributed by atoms with Crippen LogP contribution in [0.4, 0.5) is 4.79 Å². The van der Waals surface area contributed by atoms with Crippen LogP contribution in [0.3, 0.4) is 0 Å². The Labute approximate surface area is 93.6 Å². The molecule has 0 aliphatic carbocycles. The van der Waals surface area contributed by atoms with E-state index in [2.05, 4.69) is 16.0 Å². The number of hydrogen-bond donors (Lipinski definition) is 4. The minimum Gasteiger partial charge on any atom is -0.480 e. The Balaban J connectivity index is 3.81. The number of carboxylic acid groups (broad SMARTS) is 1. The van der Waals surface area contributed by atoms with Crippen molar-refractivity contribution in [2.45, 2.75) is 32.9 Å². The zero-order valence-electron chi connectivity index (χ0n) is 9.53. The molecule has 1 atom stereocenters. The molecule has 4 N–H and O–H groups in total. The number of rotatable bonds is 5. The minimum absolute atomic E-state index is 0.00435. The predicted octanol–water partition coefficient (Wildman–Crippen LogP) is -0.717. The second-order valence-electron chi connectivity index (χ2n) is 3.61. The van der Waals surface area contributed by atoms with Crippen LogP contribution in [-0.4, -0.2) is 41.6 Å². The summed E-state index contributed by atoms with van der Waals surface area (Å²) < 4.78 is 0. The summed E-state index contributed by atoms with van der Waals surface area (Å²) in [5, 5.41) is 15.5. The Morgan fingerprint density at radius 2 is 1.69 bits per heavy atom. The van der Waals surface area contributed by atoms with Crippen molar-refractivity contribution in [1.82, 2.24) is 16.0 Å². The molecule has 0 radical (unpaired) electrons. The second kappa shape index (κ2) is 6.65. The SMILES string of the molecule is CC(C)NC(=O)CNC(=O)NC(C)C(=O)O. The average Bonchev–Trinajstić information content (AvgIpc) is 2.13. The number of amides is 3. The molecule has 0 aliphatic rings. The highest BCUT2D eigenvalue weighted by Crippen LogP contribution is 1.81. The van der Waals surface area contributed by atoms with Crippen molar-refractivity contribution < 1.29 is 19.5 Å². The lowest BCUT2D eigenvalue weighted by Crippen LogP contribution is -2.47. The molecule has 0 rings (SSSR count). The topological polar surface area (TPSA) is 108 Å². The monoisotopic (exact) mass is 231 g/mol. The van der Waals surface area contributed by atoms with Gasteiger partial charge >= 0.3 is 12.0 Å². The molecule has 0 fully saturated rings. The number of carboxylic acids is 1. The molecular weight excluding hydrogens is 214 g/mol. The van der Waals surface area contributed by atoms with E-state index in [1.165, 1.54) is 6.92 Å². The van der Waals surface area contributed by atoms with Gasteiger partial charge in [0.1, 0.15) is 6.04 Å². The Bertz CT molecular complexity index is 278. The van der Waals surface area contributed by atoms with Crippen molar-refractivity contribution in [3.8, 4) is 0 Å². The molecule has 7 heteroatoms. The maximum absolute atomic E-state index is 11.1. The molecule has 1 unspecified atom stereocenters. The summed E-state index contributed by atoms with van der Waals surface area (Å²) in [6.45, 7) is 4.74. The van der Waals surface area contributed by atoms with Crippen molar-refractivity contribution >= 4 is 17.9 Å². The Morgan fingerprint density at radius 3 is 2.12 bits per heavy atom. The zero-order valence-corrected chi connectivity index (χ0v) is 9.53. The van der Waals surface area contributed by atoms with E-state index in [1.807, 2.05) is 0 Å². The molecular formula is C9H17N3O4. The fourth-order valence-corrected chi connectivity index (χ4v) is 0.843. The summed E-state index contributed by atoms with van der Waals surface area (Å²) >= 11 is 0. The third kappa shape index (κ3) is 6.63. The standard InChI is InChI=1S/C9H17N3O4/c1-5(2)11-7(13)4-10-9(16)12-6(3)8(14)15/h5-6H,4H2,1-3H3,(H,11,13)(H,14,15)(H2,10,12,16). The summed E-state index contributed by atoms with van der Waals surface area (Å²) in [7, 11) is 0. The number of hydrogen-bond acceptors (Lipinski definition) is 3. The highest BCUT2D eigenvalue weighted by Gasteiger charge is 2.14. The van der Waals surface area contributed by atoms with E-state index in [4.69, 9.17) is 5.11 Å². The Morgan fingerprint density at radius 1 is 1.12 bits per heavy atom. The van der Waals surface area contributed by atoms with E-state index in [9.17, 15) is 14.4 Å². The first-order valence-corrected chi connectivity index (χ1v) is 4.89. The van der Waals surface area contributed by atoms with Crippen molar-refractivity contribution in [3.05, 3.63) is 0 Å². The van der Waals surface area contributed by atoms with Gasteiger partial charge in [0, 0.05) is 6.04 Å². The van der Waals surface area contributed by atoms with Gasteiger partial charge in [-0.1, -0.05) is 0 Å². The van der Waals surface area contributed by atoms with Gasteiger partial charge in [0.15, 0.2) is 0 Å². The minimum atomic E-state index is -1.14. The molecule has 0 aromatic rings. The molecule has 16 heavy (non-hydrogen) atoms. The van der Waals surface area contributed by atoms with Gasteiger partial charge in [0.05, 0.1) is 6.54 Å². The fraction of sp³-hybridized carbons (Fsp3) is 0.667. The molecule has 0 saturated heterocycles. The van der Waals surface area contributed by atoms with Gasteiger partial charge in [0.25, 0.3) is 0 Å². The lowest BCUT2D eigenvalue weighted by Gasteiger charge is -2.11. The normalized spacial score (nSPS) is 11.8. The van der Waals surface area contributed by atoms with Gasteiger partial charge in [-0.25, -0.2) is 4.79 Å². The second-order valence-corrected chi connectivity index (χ2v) is 3.61. The van der Waals surface area contributed by atoms with E-state index in [1.54, 1.807) is 13.8 Å². The van der Waals surface area contributed by atoms with Crippen molar-refractivity contribution in [3.63, 3.8) is 0 Å². The summed E-state index contributed by atoms with van der Waals surface area (Å²) in [5.74, 6) is -1.46. The van der Waals surface area contributed by atoms with Crippen molar-refractivity contribution in [2.75, 3.05) is 6.54 Å². The quantitative estimate of drug-likeness (QED) is 0.501. The number of urea groups is 1. The number of carbonyl (C=O) groups excluding carboxylic acids is 2. The zero-order chi connectivity index (χ0) is 12.7. The van der Waals surface area contributed by atoms with Crippen LogP contribution in [0.25, 0.3) is 0 Å². The van der Waals surface area contributed by atoms with Crippen LogP contribution < -0.4 is 16.0 Å². The largest absolute Gasteiger partial charge is 0.480 e. The molecule has 0 bridgehead atoms. The van der Waals surface area contributed by atoms with Crippen LogP contribution in [0.1, 0.15) is 20.8 Å². The lowest BCUT2D eigenvalue weighted by molar-refractivity contribution is -0.138. The molecule has 0 aromatic carbocycles. The third-order valence-corrected chi connectivity index (χ3v) is 1.58. The van der Waals surface area contributed by atoms with Crippen molar-refractivity contribution in [2.24, 2.45) is 0 Å². The Hall–Kier alpha value is -1.79. The van der Waals surface area contributed by atoms with Crippen molar-refractivity contribution in [1.29, 1.82) is 0 Å². The van der Waals surface area contributed by atoms with Gasteiger partial charge in [-0.2, -0.15) is 0 Å². The summed E-state index contributed by atoms with van der Waals surface area (Å²) in [4.78, 5) is 32.6. The molecule has 0 saturated carbocycles. The lowest BCUT2D eigenvalue weighted by atomic mass is 10.3. The molecule has 0 heterocycles. The number of carbonyl (C=O) groups is 3. The van der Waals surface area contributed by atoms with Gasteiger partial charge in [-0.05, 0) is 20.8 Å². The summed E-state index contributed by atoms with van der Waals surface area (Å²) in [6.07, 6.45) is 0. The van der Waals surface area contributed by atoms with Crippen LogP contribution in [0.2, 0.25) is 0 Å². The van der Waals surface area contributed by atoms with Gasteiger partial charge in [-0.15, -0.1) is 0 Å². The smallest absolute Gasteiger partial charge is 0.325 e. The fourth-order valence-electron chi connectivity index (χ4n) is 0.843. The van der Waals surface area contributed by atoms with Gasteiger partial charge in [0.2, 0.25) is 5.91 Å². The Kier molecular flexibility index (Phi) is 5.91. The van der Waals surface area contributed by atoms with Gasteiger partial charge in [-0.3, -0.25) is 9.59 Å². The maximum atomic E-state index is 11.1.